The third-order valence-electron chi connectivity index (χ3n) is 2.57. The number of aromatic nitrogens is 3. The first kappa shape index (κ1) is 12.4. The van der Waals surface area contributed by atoms with Gasteiger partial charge in [0.1, 0.15) is 5.82 Å². The summed E-state index contributed by atoms with van der Waals surface area (Å²) in [6, 6.07) is 1.30. The Morgan fingerprint density at radius 3 is 2.56 bits per heavy atom. The van der Waals surface area contributed by atoms with E-state index in [1.54, 1.807) is 20.8 Å². The van der Waals surface area contributed by atoms with E-state index in [1.165, 1.54) is 10.6 Å². The van der Waals surface area contributed by atoms with E-state index in [0.29, 0.717) is 22.2 Å². The van der Waals surface area contributed by atoms with Crippen LogP contribution in [0.5, 0.6) is 0 Å². The molecule has 0 aliphatic rings. The number of carboxylic acids is 1. The summed E-state index contributed by atoms with van der Waals surface area (Å²) in [7, 11) is 0. The van der Waals surface area contributed by atoms with Gasteiger partial charge in [-0.15, -0.1) is 0 Å². The van der Waals surface area contributed by atoms with Crippen molar-refractivity contribution in [3.8, 4) is 5.13 Å². The Kier molecular flexibility index (Phi) is 3.00. The van der Waals surface area contributed by atoms with Crippen LogP contribution in [-0.2, 0) is 0 Å². The molecule has 0 aliphatic carbocycles. The predicted molar refractivity (Wildman–Crippen MR) is 66.7 cm³/mol. The quantitative estimate of drug-likeness (QED) is 0.885. The Morgan fingerprint density at radius 1 is 1.39 bits per heavy atom. The van der Waals surface area contributed by atoms with Gasteiger partial charge >= 0.3 is 5.97 Å². The van der Waals surface area contributed by atoms with Gasteiger partial charge < -0.3 is 5.11 Å². The molecular weight excluding hydrogens is 254 g/mol. The molecule has 0 spiro atoms. The van der Waals surface area contributed by atoms with E-state index in [2.05, 4.69) is 9.36 Å². The molecule has 2 rings (SSSR count). The van der Waals surface area contributed by atoms with Gasteiger partial charge in [-0.1, -0.05) is 0 Å². The van der Waals surface area contributed by atoms with Crippen molar-refractivity contribution < 1.29 is 9.90 Å². The highest BCUT2D eigenvalue weighted by atomic mass is 32.1. The summed E-state index contributed by atoms with van der Waals surface area (Å²) in [5.41, 5.74) is 0.639. The minimum absolute atomic E-state index is 0.127. The number of rotatable bonds is 2. The molecule has 0 aromatic carbocycles. The zero-order valence-corrected chi connectivity index (χ0v) is 10.9. The molecule has 18 heavy (non-hydrogen) atoms. The van der Waals surface area contributed by atoms with E-state index in [-0.39, 0.29) is 11.1 Å². The fraction of sp³-hybridized carbons (Fsp3) is 0.273. The summed E-state index contributed by atoms with van der Waals surface area (Å²) in [6.07, 6.45) is 0. The second kappa shape index (κ2) is 4.34. The Morgan fingerprint density at radius 2 is 2.06 bits per heavy atom. The molecule has 0 radical (unpaired) electrons. The molecule has 94 valence electrons. The van der Waals surface area contributed by atoms with Crippen molar-refractivity contribution >= 4 is 17.5 Å². The molecule has 0 bridgehead atoms. The van der Waals surface area contributed by atoms with E-state index in [0.717, 1.165) is 11.5 Å². The van der Waals surface area contributed by atoms with Crippen LogP contribution >= 0.6 is 11.5 Å². The summed E-state index contributed by atoms with van der Waals surface area (Å²) in [6.45, 7) is 4.91. The maximum absolute atomic E-state index is 12.0. The van der Waals surface area contributed by atoms with Crippen molar-refractivity contribution in [2.45, 2.75) is 20.8 Å². The topological polar surface area (TPSA) is 85.1 Å². The molecule has 1 N–H and O–H groups in total. The predicted octanol–water partition coefficient (Wildman–Crippen LogP) is 1.31. The van der Waals surface area contributed by atoms with Crippen LogP contribution in [-0.4, -0.2) is 25.0 Å². The van der Waals surface area contributed by atoms with Crippen LogP contribution in [0.2, 0.25) is 0 Å². The highest BCUT2D eigenvalue weighted by molar-refractivity contribution is 7.08. The molecule has 0 saturated carbocycles. The Bertz CT molecular complexity index is 687. The monoisotopic (exact) mass is 265 g/mol. The molecule has 0 aliphatic heterocycles. The van der Waals surface area contributed by atoms with Crippen molar-refractivity contribution in [1.82, 2.24) is 13.9 Å². The molecule has 2 aromatic heterocycles. The lowest BCUT2D eigenvalue weighted by Crippen LogP contribution is -2.24. The van der Waals surface area contributed by atoms with Crippen LogP contribution in [0.4, 0.5) is 0 Å². The molecule has 0 amide bonds. The molecular formula is C11H11N3O3S. The Balaban J connectivity index is 2.80. The minimum Gasteiger partial charge on any atom is -0.478 e. The highest BCUT2D eigenvalue weighted by Crippen LogP contribution is 2.16. The summed E-state index contributed by atoms with van der Waals surface area (Å²) in [5.74, 6) is -0.501. The number of pyridine rings is 1. The molecule has 0 atom stereocenters. The zero-order valence-electron chi connectivity index (χ0n) is 10.1. The van der Waals surface area contributed by atoms with Crippen molar-refractivity contribution in [2.24, 2.45) is 0 Å². The van der Waals surface area contributed by atoms with Crippen molar-refractivity contribution in [2.75, 3.05) is 0 Å². The number of hydrogen-bond donors (Lipinski definition) is 1. The van der Waals surface area contributed by atoms with Crippen LogP contribution in [0.3, 0.4) is 0 Å². The largest absolute Gasteiger partial charge is 0.478 e. The maximum Gasteiger partial charge on any atom is 0.337 e. The average Bonchev–Trinajstić information content (AvgIpc) is 2.63. The lowest BCUT2D eigenvalue weighted by molar-refractivity contribution is 0.0694. The van der Waals surface area contributed by atoms with Crippen molar-refractivity contribution in [3.63, 3.8) is 0 Å². The van der Waals surface area contributed by atoms with Gasteiger partial charge in [0, 0.05) is 23.3 Å². The van der Waals surface area contributed by atoms with Crippen LogP contribution in [0, 0.1) is 20.8 Å². The van der Waals surface area contributed by atoms with Crippen LogP contribution in [0.1, 0.15) is 27.4 Å². The third-order valence-corrected chi connectivity index (χ3v) is 3.37. The van der Waals surface area contributed by atoms with Gasteiger partial charge in [-0.05, 0) is 26.3 Å². The van der Waals surface area contributed by atoms with Crippen molar-refractivity contribution in [1.29, 1.82) is 0 Å². The lowest BCUT2D eigenvalue weighted by Gasteiger charge is -2.10. The van der Waals surface area contributed by atoms with Crippen molar-refractivity contribution in [3.05, 3.63) is 39.1 Å². The van der Waals surface area contributed by atoms with Crippen LogP contribution in [0.25, 0.3) is 5.13 Å². The number of carbonyl (C=O) groups is 1. The number of hydrogen-bond acceptors (Lipinski definition) is 5. The summed E-state index contributed by atoms with van der Waals surface area (Å²) >= 11 is 1.07. The van der Waals surface area contributed by atoms with Crippen LogP contribution in [0.15, 0.2) is 10.9 Å². The first-order valence-corrected chi connectivity index (χ1v) is 5.96. The second-order valence-electron chi connectivity index (χ2n) is 3.89. The molecule has 7 heteroatoms. The molecule has 0 saturated heterocycles. The smallest absolute Gasteiger partial charge is 0.337 e. The normalized spacial score (nSPS) is 10.6. The zero-order chi connectivity index (χ0) is 13.4. The number of aromatic carboxylic acids is 1. The number of nitrogens with zero attached hydrogens (tertiary/aromatic N) is 3. The van der Waals surface area contributed by atoms with E-state index < -0.39 is 5.97 Å². The van der Waals surface area contributed by atoms with Gasteiger partial charge in [0.05, 0.1) is 5.56 Å². The molecule has 0 unspecified atom stereocenters. The molecule has 2 heterocycles. The maximum atomic E-state index is 12.0. The van der Waals surface area contributed by atoms with E-state index in [9.17, 15) is 9.59 Å². The Hall–Kier alpha value is -2.02. The molecule has 6 nitrogen and oxygen atoms in total. The summed E-state index contributed by atoms with van der Waals surface area (Å²) in [4.78, 5) is 27.3. The molecule has 0 fully saturated rings. The standard InChI is InChI=1S/C11H11N3O3S/c1-5-4-8(15)14(6(2)9(5)10(16)17)11-12-7(3)13-18-11/h4H,1-3H3,(H,16,17). The average molecular weight is 265 g/mol. The van der Waals surface area contributed by atoms with Gasteiger partial charge in [-0.25, -0.2) is 9.78 Å². The second-order valence-corrected chi connectivity index (χ2v) is 4.62. The van der Waals surface area contributed by atoms with E-state index in [1.807, 2.05) is 0 Å². The van der Waals surface area contributed by atoms with Crippen LogP contribution < -0.4 is 5.56 Å². The third kappa shape index (κ3) is 1.92. The lowest BCUT2D eigenvalue weighted by atomic mass is 10.1. The van der Waals surface area contributed by atoms with Gasteiger partial charge in [0.15, 0.2) is 0 Å². The first-order chi connectivity index (χ1) is 8.41. The van der Waals surface area contributed by atoms with Gasteiger partial charge in [0.25, 0.3) is 5.56 Å². The number of carboxylic acid groups (broad SMARTS) is 1. The van der Waals surface area contributed by atoms with Gasteiger partial charge in [0.2, 0.25) is 5.13 Å². The fourth-order valence-corrected chi connectivity index (χ4v) is 2.56. The summed E-state index contributed by atoms with van der Waals surface area (Å²) < 4.78 is 5.27. The highest BCUT2D eigenvalue weighted by Gasteiger charge is 2.18. The van der Waals surface area contributed by atoms with Gasteiger partial charge in [-0.2, -0.15) is 4.37 Å². The van der Waals surface area contributed by atoms with Gasteiger partial charge in [-0.3, -0.25) is 9.36 Å². The first-order valence-electron chi connectivity index (χ1n) is 5.19. The number of aryl methyl sites for hydroxylation is 2. The molecule has 2 aromatic rings. The minimum atomic E-state index is -1.06. The van der Waals surface area contributed by atoms with E-state index >= 15 is 0 Å². The van der Waals surface area contributed by atoms with E-state index in [4.69, 9.17) is 5.11 Å². The Labute approximate surface area is 107 Å². The summed E-state index contributed by atoms with van der Waals surface area (Å²) in [5, 5.41) is 9.55. The SMILES string of the molecule is Cc1nsc(-n2c(C)c(C(=O)O)c(C)cc2=O)n1. The fourth-order valence-electron chi connectivity index (χ4n) is 1.82.